The van der Waals surface area contributed by atoms with Crippen LogP contribution in [0.15, 0.2) is 42.5 Å². The van der Waals surface area contributed by atoms with E-state index in [1.54, 1.807) is 36.4 Å². The molecule has 0 aliphatic carbocycles. The summed E-state index contributed by atoms with van der Waals surface area (Å²) in [5.41, 5.74) is 1.12. The second-order valence-electron chi connectivity index (χ2n) is 5.80. The van der Waals surface area contributed by atoms with Gasteiger partial charge in [0.25, 0.3) is 0 Å². The lowest BCUT2D eigenvalue weighted by molar-refractivity contribution is 0.0730. The van der Waals surface area contributed by atoms with Gasteiger partial charge in [-0.2, -0.15) is 0 Å². The molecule has 0 saturated carbocycles. The maximum Gasteiger partial charge on any atom is 0.345 e. The SMILES string of the molecule is CC(C)(C)c1ccc(OC(=O)c2ccccc2Cl)c(O)c1. The third-order valence-electron chi connectivity index (χ3n) is 3.12. The first kappa shape index (κ1) is 15.4. The Labute approximate surface area is 129 Å². The van der Waals surface area contributed by atoms with Crippen molar-refractivity contribution in [1.29, 1.82) is 0 Å². The number of hydrogen-bond donors (Lipinski definition) is 1. The Morgan fingerprint density at radius 1 is 1.14 bits per heavy atom. The first-order valence-electron chi connectivity index (χ1n) is 6.59. The second kappa shape index (κ2) is 5.78. The normalized spacial score (nSPS) is 11.2. The average Bonchev–Trinajstić information content (AvgIpc) is 2.40. The monoisotopic (exact) mass is 304 g/mol. The van der Waals surface area contributed by atoms with Crippen LogP contribution in [-0.2, 0) is 5.41 Å². The Balaban J connectivity index is 2.25. The minimum Gasteiger partial charge on any atom is -0.504 e. The number of carbonyl (C=O) groups excluding carboxylic acids is 1. The average molecular weight is 305 g/mol. The number of phenolic OH excluding ortho intramolecular Hbond substituents is 1. The van der Waals surface area contributed by atoms with Crippen LogP contribution in [0.5, 0.6) is 11.5 Å². The van der Waals surface area contributed by atoms with Crippen molar-refractivity contribution in [3.63, 3.8) is 0 Å². The van der Waals surface area contributed by atoms with Crippen LogP contribution in [0.1, 0.15) is 36.7 Å². The molecule has 0 saturated heterocycles. The molecule has 2 aromatic rings. The third kappa shape index (κ3) is 3.56. The fraction of sp³-hybridized carbons (Fsp3) is 0.235. The zero-order chi connectivity index (χ0) is 15.6. The summed E-state index contributed by atoms with van der Waals surface area (Å²) in [6.45, 7) is 6.12. The van der Waals surface area contributed by atoms with E-state index < -0.39 is 5.97 Å². The molecule has 0 bridgehead atoms. The highest BCUT2D eigenvalue weighted by molar-refractivity contribution is 6.33. The molecule has 0 spiro atoms. The standard InChI is InChI=1S/C17H17ClO3/c1-17(2,3)11-8-9-15(14(19)10-11)21-16(20)12-6-4-5-7-13(12)18/h4-10,19H,1-3H3. The number of halogens is 1. The molecule has 21 heavy (non-hydrogen) atoms. The van der Waals surface area contributed by atoms with Gasteiger partial charge in [-0.25, -0.2) is 4.79 Å². The summed E-state index contributed by atoms with van der Waals surface area (Å²) in [4.78, 5) is 12.1. The van der Waals surface area contributed by atoms with E-state index in [0.717, 1.165) is 5.56 Å². The summed E-state index contributed by atoms with van der Waals surface area (Å²) in [6, 6.07) is 11.6. The molecule has 2 aromatic carbocycles. The molecule has 0 atom stereocenters. The molecule has 0 fully saturated rings. The molecule has 1 N–H and O–H groups in total. The summed E-state index contributed by atoms with van der Waals surface area (Å²) >= 11 is 5.95. The molecule has 0 aliphatic rings. The number of esters is 1. The van der Waals surface area contributed by atoms with Gasteiger partial charge in [0.1, 0.15) is 0 Å². The van der Waals surface area contributed by atoms with Gasteiger partial charge in [-0.15, -0.1) is 0 Å². The Hall–Kier alpha value is -2.00. The number of ether oxygens (including phenoxy) is 1. The highest BCUT2D eigenvalue weighted by Gasteiger charge is 2.18. The number of carbonyl (C=O) groups is 1. The van der Waals surface area contributed by atoms with Crippen molar-refractivity contribution < 1.29 is 14.6 Å². The lowest BCUT2D eigenvalue weighted by atomic mass is 9.87. The fourth-order valence-electron chi connectivity index (χ4n) is 1.85. The molecular weight excluding hydrogens is 288 g/mol. The smallest absolute Gasteiger partial charge is 0.345 e. The predicted octanol–water partition coefficient (Wildman–Crippen LogP) is 4.56. The maximum absolute atomic E-state index is 12.1. The molecule has 0 aromatic heterocycles. The summed E-state index contributed by atoms with van der Waals surface area (Å²) in [6.07, 6.45) is 0. The van der Waals surface area contributed by atoms with Gasteiger partial charge >= 0.3 is 5.97 Å². The number of aromatic hydroxyl groups is 1. The molecule has 110 valence electrons. The van der Waals surface area contributed by atoms with Crippen molar-refractivity contribution in [2.24, 2.45) is 0 Å². The highest BCUT2D eigenvalue weighted by atomic mass is 35.5. The van der Waals surface area contributed by atoms with Crippen LogP contribution in [0.25, 0.3) is 0 Å². The lowest BCUT2D eigenvalue weighted by Crippen LogP contribution is -2.12. The van der Waals surface area contributed by atoms with E-state index in [2.05, 4.69) is 0 Å². The molecule has 2 rings (SSSR count). The zero-order valence-corrected chi connectivity index (χ0v) is 12.9. The minimum atomic E-state index is -0.598. The zero-order valence-electron chi connectivity index (χ0n) is 12.2. The maximum atomic E-state index is 12.1. The fourth-order valence-corrected chi connectivity index (χ4v) is 2.06. The first-order valence-corrected chi connectivity index (χ1v) is 6.97. The number of rotatable bonds is 2. The van der Waals surface area contributed by atoms with Crippen LogP contribution in [0.4, 0.5) is 0 Å². The van der Waals surface area contributed by atoms with Gasteiger partial charge in [0.2, 0.25) is 0 Å². The van der Waals surface area contributed by atoms with Gasteiger partial charge in [0, 0.05) is 0 Å². The summed E-state index contributed by atoms with van der Waals surface area (Å²) in [7, 11) is 0. The predicted molar refractivity (Wildman–Crippen MR) is 83.2 cm³/mol. The van der Waals surface area contributed by atoms with Crippen molar-refractivity contribution >= 4 is 17.6 Å². The molecule has 0 unspecified atom stereocenters. The van der Waals surface area contributed by atoms with Crippen molar-refractivity contribution in [2.75, 3.05) is 0 Å². The molecule has 0 amide bonds. The first-order chi connectivity index (χ1) is 9.79. The Morgan fingerprint density at radius 3 is 2.38 bits per heavy atom. The van der Waals surface area contributed by atoms with Gasteiger partial charge in [-0.1, -0.05) is 50.6 Å². The molecule has 0 radical (unpaired) electrons. The van der Waals surface area contributed by atoms with Crippen LogP contribution in [-0.4, -0.2) is 11.1 Å². The lowest BCUT2D eigenvalue weighted by Gasteiger charge is -2.19. The van der Waals surface area contributed by atoms with Gasteiger partial charge < -0.3 is 9.84 Å². The third-order valence-corrected chi connectivity index (χ3v) is 3.45. The van der Waals surface area contributed by atoms with Crippen LogP contribution < -0.4 is 4.74 Å². The summed E-state index contributed by atoms with van der Waals surface area (Å²) < 4.78 is 5.21. The summed E-state index contributed by atoms with van der Waals surface area (Å²) in [5, 5.41) is 10.3. The molecule has 3 nitrogen and oxygen atoms in total. The van der Waals surface area contributed by atoms with Crippen LogP contribution in [0.3, 0.4) is 0 Å². The Bertz CT molecular complexity index is 672. The van der Waals surface area contributed by atoms with Gasteiger partial charge in [0.15, 0.2) is 11.5 Å². The van der Waals surface area contributed by atoms with E-state index in [1.807, 2.05) is 26.8 Å². The van der Waals surface area contributed by atoms with Crippen molar-refractivity contribution in [2.45, 2.75) is 26.2 Å². The van der Waals surface area contributed by atoms with E-state index >= 15 is 0 Å². The van der Waals surface area contributed by atoms with E-state index in [0.29, 0.717) is 5.02 Å². The van der Waals surface area contributed by atoms with Gasteiger partial charge in [-0.3, -0.25) is 0 Å². The van der Waals surface area contributed by atoms with Gasteiger partial charge in [0.05, 0.1) is 10.6 Å². The van der Waals surface area contributed by atoms with E-state index in [1.165, 1.54) is 0 Å². The molecule has 0 heterocycles. The molecular formula is C17H17ClO3. The highest BCUT2D eigenvalue weighted by Crippen LogP contribution is 2.33. The van der Waals surface area contributed by atoms with E-state index in [-0.39, 0.29) is 22.5 Å². The largest absolute Gasteiger partial charge is 0.504 e. The van der Waals surface area contributed by atoms with Crippen LogP contribution in [0.2, 0.25) is 5.02 Å². The Kier molecular flexibility index (Phi) is 4.24. The Morgan fingerprint density at radius 2 is 1.81 bits per heavy atom. The quantitative estimate of drug-likeness (QED) is 0.653. The molecule has 4 heteroatoms. The van der Waals surface area contributed by atoms with Crippen molar-refractivity contribution in [3.05, 3.63) is 58.6 Å². The minimum absolute atomic E-state index is 0.0668. The molecule has 0 aliphatic heterocycles. The van der Waals surface area contributed by atoms with Crippen molar-refractivity contribution in [3.8, 4) is 11.5 Å². The van der Waals surface area contributed by atoms with Crippen molar-refractivity contribution in [1.82, 2.24) is 0 Å². The van der Waals surface area contributed by atoms with Gasteiger partial charge in [-0.05, 0) is 35.2 Å². The summed E-state index contributed by atoms with van der Waals surface area (Å²) in [5.74, 6) is -0.546. The van der Waals surface area contributed by atoms with Crippen LogP contribution in [0, 0.1) is 0 Å². The number of benzene rings is 2. The van der Waals surface area contributed by atoms with E-state index in [9.17, 15) is 9.90 Å². The van der Waals surface area contributed by atoms with Crippen LogP contribution >= 0.6 is 11.6 Å². The number of hydrogen-bond acceptors (Lipinski definition) is 3. The number of phenols is 1. The second-order valence-corrected chi connectivity index (χ2v) is 6.21. The topological polar surface area (TPSA) is 46.5 Å². The van der Waals surface area contributed by atoms with E-state index in [4.69, 9.17) is 16.3 Å².